The van der Waals surface area contributed by atoms with Crippen LogP contribution in [0.4, 0.5) is 0 Å². The standard InChI is InChI=1S/C4H10N4.HI/c5-7-8-3-1-2-6-4-8;/h1,3,6-7H,2,4-5H2;1H. The lowest BCUT2D eigenvalue weighted by atomic mass is 10.5. The van der Waals surface area contributed by atoms with Gasteiger partial charge >= 0.3 is 0 Å². The fourth-order valence-electron chi connectivity index (χ4n) is 0.590. The number of hydrazine groups is 2. The van der Waals surface area contributed by atoms with E-state index in [1.54, 1.807) is 5.01 Å². The lowest BCUT2D eigenvalue weighted by Gasteiger charge is -2.21. The fraction of sp³-hybridized carbons (Fsp3) is 0.500. The average Bonchev–Trinajstić information content (AvgIpc) is 1.90. The van der Waals surface area contributed by atoms with Crippen molar-refractivity contribution in [3.05, 3.63) is 12.3 Å². The van der Waals surface area contributed by atoms with Crippen molar-refractivity contribution >= 4 is 24.0 Å². The van der Waals surface area contributed by atoms with Crippen LogP contribution in [0.2, 0.25) is 0 Å². The molecule has 0 aliphatic carbocycles. The first-order valence-corrected chi connectivity index (χ1v) is 2.54. The number of hydrogen-bond donors (Lipinski definition) is 3. The van der Waals surface area contributed by atoms with E-state index in [0.29, 0.717) is 0 Å². The third-order valence-electron chi connectivity index (χ3n) is 0.996. The molecule has 1 rings (SSSR count). The molecule has 1 aliphatic heterocycles. The molecule has 0 aromatic rings. The predicted molar refractivity (Wildman–Crippen MR) is 46.6 cm³/mol. The second kappa shape index (κ2) is 4.98. The van der Waals surface area contributed by atoms with Crippen molar-refractivity contribution in [2.24, 2.45) is 5.84 Å². The average molecular weight is 242 g/mol. The van der Waals surface area contributed by atoms with Crippen molar-refractivity contribution in [2.75, 3.05) is 13.2 Å². The number of nitrogens with two attached hydrogens (primary N) is 1. The van der Waals surface area contributed by atoms with Gasteiger partial charge in [0.1, 0.15) is 0 Å². The maximum atomic E-state index is 5.09. The van der Waals surface area contributed by atoms with Gasteiger partial charge in [-0.1, -0.05) is 6.08 Å². The number of hydrogen-bond acceptors (Lipinski definition) is 4. The van der Waals surface area contributed by atoms with Crippen molar-refractivity contribution in [1.29, 1.82) is 0 Å². The van der Waals surface area contributed by atoms with Crippen molar-refractivity contribution < 1.29 is 0 Å². The molecule has 54 valence electrons. The number of halogens is 1. The van der Waals surface area contributed by atoms with E-state index in [1.165, 1.54) is 0 Å². The number of nitrogens with zero attached hydrogens (tertiary/aromatic N) is 1. The Balaban J connectivity index is 0.000000640. The van der Waals surface area contributed by atoms with Crippen LogP contribution in [-0.4, -0.2) is 18.2 Å². The second-order valence-electron chi connectivity index (χ2n) is 1.60. The van der Waals surface area contributed by atoms with Gasteiger partial charge in [0.25, 0.3) is 0 Å². The highest BCUT2D eigenvalue weighted by atomic mass is 127. The molecule has 0 saturated heterocycles. The summed E-state index contributed by atoms with van der Waals surface area (Å²) in [5.74, 6) is 5.09. The third kappa shape index (κ3) is 2.99. The van der Waals surface area contributed by atoms with Crippen molar-refractivity contribution in [3.63, 3.8) is 0 Å². The molecule has 0 fully saturated rings. The van der Waals surface area contributed by atoms with Gasteiger partial charge in [-0.05, 0) is 0 Å². The molecule has 5 heteroatoms. The Kier molecular flexibility index (Phi) is 5.06. The second-order valence-corrected chi connectivity index (χ2v) is 1.60. The first-order chi connectivity index (χ1) is 3.93. The first-order valence-electron chi connectivity index (χ1n) is 2.54. The minimum absolute atomic E-state index is 0. The van der Waals surface area contributed by atoms with E-state index in [-0.39, 0.29) is 24.0 Å². The fourth-order valence-corrected chi connectivity index (χ4v) is 0.590. The number of rotatable bonds is 1. The highest BCUT2D eigenvalue weighted by Crippen LogP contribution is 1.84. The molecule has 0 unspecified atom stereocenters. The van der Waals surface area contributed by atoms with Gasteiger partial charge < -0.3 is 0 Å². The van der Waals surface area contributed by atoms with Gasteiger partial charge in [-0.15, -0.1) is 24.0 Å². The molecule has 0 radical (unpaired) electrons. The Morgan fingerprint density at radius 1 is 1.67 bits per heavy atom. The molecule has 4 nitrogen and oxygen atoms in total. The van der Waals surface area contributed by atoms with Crippen LogP contribution >= 0.6 is 24.0 Å². The van der Waals surface area contributed by atoms with Gasteiger partial charge in [0, 0.05) is 12.7 Å². The topological polar surface area (TPSA) is 53.3 Å². The van der Waals surface area contributed by atoms with Gasteiger partial charge in [-0.25, -0.2) is 0 Å². The van der Waals surface area contributed by atoms with Crippen molar-refractivity contribution in [3.8, 4) is 0 Å². The lowest BCUT2D eigenvalue weighted by molar-refractivity contribution is 0.246. The van der Waals surface area contributed by atoms with E-state index < -0.39 is 0 Å². The zero-order valence-corrected chi connectivity index (χ0v) is 7.33. The quantitative estimate of drug-likeness (QED) is 0.325. The molecule has 0 atom stereocenters. The summed E-state index contributed by atoms with van der Waals surface area (Å²) in [6.07, 6.45) is 3.89. The number of nitrogens with one attached hydrogen (secondary N) is 2. The summed E-state index contributed by atoms with van der Waals surface area (Å²) in [7, 11) is 0. The summed E-state index contributed by atoms with van der Waals surface area (Å²) in [6.45, 7) is 1.70. The van der Waals surface area contributed by atoms with E-state index >= 15 is 0 Å². The van der Waals surface area contributed by atoms with E-state index in [1.807, 2.05) is 12.3 Å². The maximum Gasteiger partial charge on any atom is 0.0847 e. The highest BCUT2D eigenvalue weighted by molar-refractivity contribution is 14.0. The van der Waals surface area contributed by atoms with E-state index in [0.717, 1.165) is 13.2 Å². The van der Waals surface area contributed by atoms with Crippen LogP contribution in [0.3, 0.4) is 0 Å². The third-order valence-corrected chi connectivity index (χ3v) is 0.996. The van der Waals surface area contributed by atoms with E-state index in [2.05, 4.69) is 10.9 Å². The van der Waals surface area contributed by atoms with Gasteiger partial charge in [-0.3, -0.25) is 16.2 Å². The predicted octanol–water partition coefficient (Wildman–Crippen LogP) is -0.641. The van der Waals surface area contributed by atoms with E-state index in [9.17, 15) is 0 Å². The highest BCUT2D eigenvalue weighted by Gasteiger charge is 1.96. The Morgan fingerprint density at radius 3 is 2.78 bits per heavy atom. The monoisotopic (exact) mass is 242 g/mol. The van der Waals surface area contributed by atoms with Crippen LogP contribution in [0.1, 0.15) is 0 Å². The van der Waals surface area contributed by atoms with Gasteiger partial charge in [0.2, 0.25) is 0 Å². The molecule has 0 aromatic carbocycles. The zero-order chi connectivity index (χ0) is 5.82. The normalized spacial score (nSPS) is 17.2. The Hall–Kier alpha value is 0.150. The minimum atomic E-state index is 0. The summed E-state index contributed by atoms with van der Waals surface area (Å²) in [5.41, 5.74) is 2.49. The molecular weight excluding hydrogens is 231 g/mol. The van der Waals surface area contributed by atoms with Crippen molar-refractivity contribution in [1.82, 2.24) is 15.9 Å². The Bertz CT molecular complexity index is 94.6. The van der Waals surface area contributed by atoms with Crippen LogP contribution in [0.15, 0.2) is 12.3 Å². The molecular formula is C4H11IN4. The lowest BCUT2D eigenvalue weighted by Crippen LogP contribution is -2.46. The Labute approximate surface area is 71.4 Å². The van der Waals surface area contributed by atoms with Crippen LogP contribution < -0.4 is 16.7 Å². The summed E-state index contributed by atoms with van der Waals surface area (Å²) in [4.78, 5) is 0. The van der Waals surface area contributed by atoms with Gasteiger partial charge in [0.15, 0.2) is 0 Å². The van der Waals surface area contributed by atoms with Crippen molar-refractivity contribution in [2.45, 2.75) is 0 Å². The van der Waals surface area contributed by atoms with Crippen LogP contribution in [-0.2, 0) is 0 Å². The van der Waals surface area contributed by atoms with Crippen LogP contribution in [0.25, 0.3) is 0 Å². The molecule has 0 spiro atoms. The van der Waals surface area contributed by atoms with E-state index in [4.69, 9.17) is 5.84 Å². The summed E-state index contributed by atoms with van der Waals surface area (Å²) >= 11 is 0. The molecule has 1 aliphatic rings. The van der Waals surface area contributed by atoms with Crippen LogP contribution in [0.5, 0.6) is 0 Å². The largest absolute Gasteiger partial charge is 0.295 e. The van der Waals surface area contributed by atoms with Gasteiger partial charge in [0.05, 0.1) is 6.67 Å². The molecule has 0 amide bonds. The smallest absolute Gasteiger partial charge is 0.0847 e. The molecule has 0 aromatic heterocycles. The molecule has 4 N–H and O–H groups in total. The molecule has 0 saturated carbocycles. The maximum absolute atomic E-state index is 5.09. The Morgan fingerprint density at radius 2 is 2.44 bits per heavy atom. The van der Waals surface area contributed by atoms with Crippen LogP contribution in [0, 0.1) is 0 Å². The minimum Gasteiger partial charge on any atom is -0.295 e. The zero-order valence-electron chi connectivity index (χ0n) is 5.00. The molecule has 0 bridgehead atoms. The molecule has 1 heterocycles. The summed E-state index contributed by atoms with van der Waals surface area (Å²) in [5, 5.41) is 4.84. The van der Waals surface area contributed by atoms with Gasteiger partial charge in [-0.2, -0.15) is 5.53 Å². The summed E-state index contributed by atoms with van der Waals surface area (Å²) < 4.78 is 0. The first kappa shape index (κ1) is 9.15. The summed E-state index contributed by atoms with van der Waals surface area (Å²) in [6, 6.07) is 0. The molecule has 9 heavy (non-hydrogen) atoms. The SMILES string of the molecule is I.NNN1C=CCNC1.